The highest BCUT2D eigenvalue weighted by molar-refractivity contribution is 9.10. The van der Waals surface area contributed by atoms with Gasteiger partial charge in [0.05, 0.1) is 4.83 Å². The van der Waals surface area contributed by atoms with Gasteiger partial charge in [0.25, 0.3) is 0 Å². The summed E-state index contributed by atoms with van der Waals surface area (Å²) in [5.41, 5.74) is 1.72. The van der Waals surface area contributed by atoms with E-state index in [1.165, 1.54) is 0 Å². The van der Waals surface area contributed by atoms with Crippen molar-refractivity contribution < 1.29 is 4.79 Å². The van der Waals surface area contributed by atoms with Gasteiger partial charge < -0.3 is 5.32 Å². The van der Waals surface area contributed by atoms with Crippen LogP contribution in [0, 0.1) is 6.92 Å². The van der Waals surface area contributed by atoms with E-state index in [4.69, 9.17) is 11.6 Å². The van der Waals surface area contributed by atoms with Crippen LogP contribution in [0.2, 0.25) is 5.02 Å². The highest BCUT2D eigenvalue weighted by Crippen LogP contribution is 2.19. The molecular formula is C10H11BrClNO. The molecule has 1 atom stereocenters. The van der Waals surface area contributed by atoms with Crippen LogP contribution in [-0.2, 0) is 4.79 Å². The molecule has 0 spiro atoms. The Bertz CT molecular complexity index is 352. The van der Waals surface area contributed by atoms with Crippen molar-refractivity contribution >= 4 is 39.1 Å². The normalized spacial score (nSPS) is 12.3. The Balaban J connectivity index is 2.78. The van der Waals surface area contributed by atoms with Crippen molar-refractivity contribution in [2.45, 2.75) is 18.7 Å². The maximum absolute atomic E-state index is 11.3. The van der Waals surface area contributed by atoms with Crippen LogP contribution in [0.25, 0.3) is 0 Å². The van der Waals surface area contributed by atoms with Gasteiger partial charge in [-0.25, -0.2) is 0 Å². The number of carbonyl (C=O) groups excluding carboxylic acids is 1. The molecule has 0 aliphatic rings. The molecule has 0 aliphatic carbocycles. The monoisotopic (exact) mass is 275 g/mol. The quantitative estimate of drug-likeness (QED) is 0.825. The number of aryl methyl sites for hydroxylation is 1. The van der Waals surface area contributed by atoms with Gasteiger partial charge in [0.2, 0.25) is 5.91 Å². The van der Waals surface area contributed by atoms with Crippen LogP contribution in [0.1, 0.15) is 12.5 Å². The van der Waals surface area contributed by atoms with E-state index < -0.39 is 0 Å². The molecule has 0 radical (unpaired) electrons. The molecule has 1 N–H and O–H groups in total. The summed E-state index contributed by atoms with van der Waals surface area (Å²) in [5.74, 6) is -0.0632. The summed E-state index contributed by atoms with van der Waals surface area (Å²) >= 11 is 9.05. The minimum atomic E-state index is -0.196. The predicted molar refractivity (Wildman–Crippen MR) is 63.2 cm³/mol. The van der Waals surface area contributed by atoms with Crippen LogP contribution in [0.5, 0.6) is 0 Å². The Labute approximate surface area is 96.8 Å². The minimum Gasteiger partial charge on any atom is -0.325 e. The van der Waals surface area contributed by atoms with Crippen molar-refractivity contribution in [2.75, 3.05) is 5.32 Å². The summed E-state index contributed by atoms with van der Waals surface area (Å²) in [5, 5.41) is 3.47. The number of nitrogens with one attached hydrogen (secondary N) is 1. The highest BCUT2D eigenvalue weighted by atomic mass is 79.9. The summed E-state index contributed by atoms with van der Waals surface area (Å²) in [6.45, 7) is 3.67. The zero-order chi connectivity index (χ0) is 10.7. The number of rotatable bonds is 2. The molecule has 1 unspecified atom stereocenters. The number of hydrogen-bond acceptors (Lipinski definition) is 1. The van der Waals surface area contributed by atoms with Crippen molar-refractivity contribution in [2.24, 2.45) is 0 Å². The first kappa shape index (κ1) is 11.5. The Morgan fingerprint density at radius 1 is 1.57 bits per heavy atom. The zero-order valence-corrected chi connectivity index (χ0v) is 10.3. The lowest BCUT2D eigenvalue weighted by molar-refractivity contribution is -0.115. The van der Waals surface area contributed by atoms with Crippen molar-refractivity contribution in [1.82, 2.24) is 0 Å². The second-order valence-electron chi connectivity index (χ2n) is 3.07. The van der Waals surface area contributed by atoms with Crippen LogP contribution >= 0.6 is 27.5 Å². The van der Waals surface area contributed by atoms with Crippen molar-refractivity contribution in [3.05, 3.63) is 28.8 Å². The zero-order valence-electron chi connectivity index (χ0n) is 7.97. The molecule has 0 fully saturated rings. The van der Waals surface area contributed by atoms with Gasteiger partial charge in [0, 0.05) is 10.7 Å². The van der Waals surface area contributed by atoms with Crippen molar-refractivity contribution in [1.29, 1.82) is 0 Å². The SMILES string of the molecule is Cc1cc(NC(=O)C(C)Br)ccc1Cl. The second-order valence-corrected chi connectivity index (χ2v) is 4.85. The third-order valence-corrected chi connectivity index (χ3v) is 2.63. The molecule has 2 nitrogen and oxygen atoms in total. The summed E-state index contributed by atoms with van der Waals surface area (Å²) < 4.78 is 0. The van der Waals surface area contributed by atoms with Gasteiger partial charge in [-0.1, -0.05) is 27.5 Å². The van der Waals surface area contributed by atoms with E-state index in [1.807, 2.05) is 13.0 Å². The van der Waals surface area contributed by atoms with Gasteiger partial charge >= 0.3 is 0 Å². The van der Waals surface area contributed by atoms with E-state index in [2.05, 4.69) is 21.2 Å². The molecule has 0 aromatic heterocycles. The fourth-order valence-corrected chi connectivity index (χ4v) is 1.20. The van der Waals surface area contributed by atoms with Crippen LogP contribution in [0.4, 0.5) is 5.69 Å². The summed E-state index contributed by atoms with van der Waals surface area (Å²) in [6, 6.07) is 5.39. The molecule has 1 amide bonds. The molecule has 0 bridgehead atoms. The smallest absolute Gasteiger partial charge is 0.237 e. The standard InChI is InChI=1S/C10H11BrClNO/c1-6-5-8(3-4-9(6)12)13-10(14)7(2)11/h3-5,7H,1-2H3,(H,13,14). The summed E-state index contributed by atoms with van der Waals surface area (Å²) in [4.78, 5) is 11.1. The Hall–Kier alpha value is -0.540. The largest absolute Gasteiger partial charge is 0.325 e. The maximum atomic E-state index is 11.3. The van der Waals surface area contributed by atoms with E-state index in [0.717, 1.165) is 11.3 Å². The molecule has 1 rings (SSSR count). The molecule has 0 heterocycles. The lowest BCUT2D eigenvalue weighted by atomic mass is 10.2. The number of hydrogen-bond donors (Lipinski definition) is 1. The maximum Gasteiger partial charge on any atom is 0.237 e. The Morgan fingerprint density at radius 3 is 2.71 bits per heavy atom. The first-order valence-corrected chi connectivity index (χ1v) is 5.51. The first-order chi connectivity index (χ1) is 6.50. The summed E-state index contributed by atoms with van der Waals surface area (Å²) in [7, 11) is 0. The number of amides is 1. The third-order valence-electron chi connectivity index (χ3n) is 1.79. The van der Waals surface area contributed by atoms with Gasteiger partial charge in [-0.2, -0.15) is 0 Å². The Morgan fingerprint density at radius 2 is 2.21 bits per heavy atom. The third kappa shape index (κ3) is 3.00. The van der Waals surface area contributed by atoms with E-state index in [0.29, 0.717) is 5.02 Å². The number of benzene rings is 1. The number of alkyl halides is 1. The fraction of sp³-hybridized carbons (Fsp3) is 0.300. The van der Waals surface area contributed by atoms with E-state index in [1.54, 1.807) is 19.1 Å². The van der Waals surface area contributed by atoms with Gasteiger partial charge in [0.15, 0.2) is 0 Å². The van der Waals surface area contributed by atoms with Crippen LogP contribution in [0.3, 0.4) is 0 Å². The lowest BCUT2D eigenvalue weighted by Gasteiger charge is -2.07. The van der Waals surface area contributed by atoms with E-state index >= 15 is 0 Å². The average Bonchev–Trinajstić information content (AvgIpc) is 2.11. The van der Waals surface area contributed by atoms with Gasteiger partial charge in [-0.15, -0.1) is 0 Å². The number of anilines is 1. The number of carbonyl (C=O) groups is 1. The molecule has 0 saturated heterocycles. The van der Waals surface area contributed by atoms with Crippen LogP contribution in [-0.4, -0.2) is 10.7 Å². The van der Waals surface area contributed by atoms with E-state index in [9.17, 15) is 4.79 Å². The molecular weight excluding hydrogens is 265 g/mol. The van der Waals surface area contributed by atoms with Crippen molar-refractivity contribution in [3.63, 3.8) is 0 Å². The second kappa shape index (κ2) is 4.80. The van der Waals surface area contributed by atoms with Gasteiger partial charge in [-0.3, -0.25) is 4.79 Å². The molecule has 1 aromatic rings. The molecule has 4 heteroatoms. The number of halogens is 2. The van der Waals surface area contributed by atoms with Gasteiger partial charge in [-0.05, 0) is 37.6 Å². The molecule has 14 heavy (non-hydrogen) atoms. The van der Waals surface area contributed by atoms with Gasteiger partial charge in [0.1, 0.15) is 0 Å². The molecule has 76 valence electrons. The molecule has 0 saturated carbocycles. The van der Waals surface area contributed by atoms with Crippen LogP contribution in [0.15, 0.2) is 18.2 Å². The lowest BCUT2D eigenvalue weighted by Crippen LogP contribution is -2.19. The fourth-order valence-electron chi connectivity index (χ4n) is 0.964. The minimum absolute atomic E-state index is 0.0632. The predicted octanol–water partition coefficient (Wildman–Crippen LogP) is 3.37. The van der Waals surface area contributed by atoms with Crippen LogP contribution < -0.4 is 5.32 Å². The topological polar surface area (TPSA) is 29.1 Å². The average molecular weight is 277 g/mol. The summed E-state index contributed by atoms with van der Waals surface area (Å²) in [6.07, 6.45) is 0. The highest BCUT2D eigenvalue weighted by Gasteiger charge is 2.08. The Kier molecular flexibility index (Phi) is 3.96. The van der Waals surface area contributed by atoms with Crippen molar-refractivity contribution in [3.8, 4) is 0 Å². The molecule has 1 aromatic carbocycles. The first-order valence-electron chi connectivity index (χ1n) is 4.22. The molecule has 0 aliphatic heterocycles. The van der Waals surface area contributed by atoms with E-state index in [-0.39, 0.29) is 10.7 Å².